The average molecular weight is 332 g/mol. The maximum Gasteiger partial charge on any atom is 0.249 e. The molecule has 0 radical (unpaired) electrons. The number of anilines is 3. The number of aryl methyl sites for hydroxylation is 2. The fourth-order valence-electron chi connectivity index (χ4n) is 2.92. The maximum absolute atomic E-state index is 6.34. The van der Waals surface area contributed by atoms with Gasteiger partial charge in [0.2, 0.25) is 5.95 Å². The Morgan fingerprint density at radius 1 is 1.22 bits per heavy atom. The molecule has 1 fully saturated rings. The summed E-state index contributed by atoms with van der Waals surface area (Å²) in [5.74, 6) is 2.14. The van der Waals surface area contributed by atoms with Crippen molar-refractivity contribution in [1.29, 1.82) is 0 Å². The van der Waals surface area contributed by atoms with Crippen molar-refractivity contribution in [3.05, 3.63) is 34.5 Å². The normalized spacial score (nSPS) is 15.7. The Bertz CT molecular complexity index is 672. The van der Waals surface area contributed by atoms with Crippen molar-refractivity contribution in [3.63, 3.8) is 0 Å². The lowest BCUT2D eigenvalue weighted by molar-refractivity contribution is 0.436. The monoisotopic (exact) mass is 331 g/mol. The highest BCUT2D eigenvalue weighted by Crippen LogP contribution is 2.29. The Labute approximate surface area is 142 Å². The average Bonchev–Trinajstić information content (AvgIpc) is 2.52. The molecule has 0 saturated carbocycles. The summed E-state index contributed by atoms with van der Waals surface area (Å²) in [7, 11) is 0. The van der Waals surface area contributed by atoms with E-state index in [0.29, 0.717) is 11.0 Å². The van der Waals surface area contributed by atoms with Gasteiger partial charge in [0.1, 0.15) is 0 Å². The van der Waals surface area contributed by atoms with Crippen LogP contribution < -0.4 is 10.2 Å². The highest BCUT2D eigenvalue weighted by Gasteiger charge is 2.18. The zero-order valence-electron chi connectivity index (χ0n) is 13.8. The van der Waals surface area contributed by atoms with Crippen molar-refractivity contribution in [2.24, 2.45) is 5.92 Å². The molecule has 23 heavy (non-hydrogen) atoms. The van der Waals surface area contributed by atoms with Gasteiger partial charge in [0, 0.05) is 13.1 Å². The smallest absolute Gasteiger partial charge is 0.249 e. The molecule has 2 heterocycles. The molecule has 0 spiro atoms. The quantitative estimate of drug-likeness (QED) is 0.916. The van der Waals surface area contributed by atoms with Crippen LogP contribution in [0.2, 0.25) is 5.02 Å². The molecule has 6 heteroatoms. The van der Waals surface area contributed by atoms with Crippen molar-refractivity contribution < 1.29 is 0 Å². The van der Waals surface area contributed by atoms with Crippen LogP contribution in [0.15, 0.2) is 18.3 Å². The first-order valence-electron chi connectivity index (χ1n) is 8.01. The van der Waals surface area contributed by atoms with E-state index in [-0.39, 0.29) is 0 Å². The number of hydrogen-bond acceptors (Lipinski definition) is 5. The van der Waals surface area contributed by atoms with Crippen molar-refractivity contribution in [2.45, 2.75) is 33.6 Å². The summed E-state index contributed by atoms with van der Waals surface area (Å²) >= 11 is 6.34. The number of benzene rings is 1. The van der Waals surface area contributed by atoms with E-state index in [0.717, 1.165) is 41.6 Å². The number of hydrogen-bond donors (Lipinski definition) is 1. The van der Waals surface area contributed by atoms with Gasteiger partial charge in [0.15, 0.2) is 5.82 Å². The minimum atomic E-state index is 0.481. The molecule has 1 aromatic carbocycles. The highest BCUT2D eigenvalue weighted by molar-refractivity contribution is 6.33. The summed E-state index contributed by atoms with van der Waals surface area (Å²) in [6, 6.07) is 4.01. The first-order valence-corrected chi connectivity index (χ1v) is 8.39. The molecule has 0 atom stereocenters. The van der Waals surface area contributed by atoms with Gasteiger partial charge in [0.25, 0.3) is 0 Å². The Hall–Kier alpha value is -1.88. The summed E-state index contributed by atoms with van der Waals surface area (Å²) in [6.45, 7) is 8.38. The molecule has 0 unspecified atom stereocenters. The van der Waals surface area contributed by atoms with Crippen molar-refractivity contribution in [3.8, 4) is 0 Å². The fraction of sp³-hybridized carbons (Fsp3) is 0.471. The molecular weight excluding hydrogens is 310 g/mol. The third-order valence-electron chi connectivity index (χ3n) is 4.32. The minimum absolute atomic E-state index is 0.481. The second kappa shape index (κ2) is 6.71. The zero-order chi connectivity index (χ0) is 16.4. The van der Waals surface area contributed by atoms with Crippen LogP contribution in [0, 0.1) is 19.8 Å². The Kier molecular flexibility index (Phi) is 4.66. The van der Waals surface area contributed by atoms with Gasteiger partial charge in [-0.25, -0.2) is 0 Å². The van der Waals surface area contributed by atoms with Gasteiger partial charge in [-0.2, -0.15) is 10.1 Å². The van der Waals surface area contributed by atoms with Crippen LogP contribution in [0.4, 0.5) is 17.5 Å². The largest absolute Gasteiger partial charge is 0.355 e. The highest BCUT2D eigenvalue weighted by atomic mass is 35.5. The number of rotatable bonds is 3. The van der Waals surface area contributed by atoms with E-state index in [1.54, 1.807) is 6.20 Å². The molecule has 0 bridgehead atoms. The van der Waals surface area contributed by atoms with Crippen LogP contribution in [0.25, 0.3) is 0 Å². The molecule has 5 nitrogen and oxygen atoms in total. The van der Waals surface area contributed by atoms with Crippen LogP contribution in [0.3, 0.4) is 0 Å². The lowest BCUT2D eigenvalue weighted by atomic mass is 9.99. The van der Waals surface area contributed by atoms with Gasteiger partial charge >= 0.3 is 0 Å². The van der Waals surface area contributed by atoms with Crippen molar-refractivity contribution in [1.82, 2.24) is 15.2 Å². The summed E-state index contributed by atoms with van der Waals surface area (Å²) < 4.78 is 0. The molecule has 2 aromatic rings. The van der Waals surface area contributed by atoms with E-state index in [4.69, 9.17) is 11.6 Å². The van der Waals surface area contributed by atoms with E-state index in [1.807, 2.05) is 19.9 Å². The first kappa shape index (κ1) is 16.0. The number of nitrogens with one attached hydrogen (secondary N) is 1. The van der Waals surface area contributed by atoms with Crippen LogP contribution in [-0.4, -0.2) is 28.3 Å². The number of nitrogens with zero attached hydrogens (tertiary/aromatic N) is 4. The molecule has 1 aliphatic heterocycles. The first-order chi connectivity index (χ1) is 11.0. The number of aromatic nitrogens is 3. The molecule has 0 amide bonds. The predicted octanol–water partition coefficient (Wildman–Crippen LogP) is 4.12. The lowest BCUT2D eigenvalue weighted by Gasteiger charge is -2.30. The van der Waals surface area contributed by atoms with E-state index in [1.165, 1.54) is 12.8 Å². The van der Waals surface area contributed by atoms with Gasteiger partial charge in [-0.1, -0.05) is 24.6 Å². The summed E-state index contributed by atoms with van der Waals surface area (Å²) in [5, 5.41) is 12.1. The Morgan fingerprint density at radius 2 is 1.96 bits per heavy atom. The van der Waals surface area contributed by atoms with Crippen LogP contribution in [0.5, 0.6) is 0 Å². The van der Waals surface area contributed by atoms with Gasteiger partial charge in [-0.3, -0.25) is 0 Å². The zero-order valence-corrected chi connectivity index (χ0v) is 14.6. The maximum atomic E-state index is 6.34. The van der Waals surface area contributed by atoms with Crippen LogP contribution >= 0.6 is 11.6 Å². The topological polar surface area (TPSA) is 53.9 Å². The number of halogens is 1. The lowest BCUT2D eigenvalue weighted by Crippen LogP contribution is -2.33. The second-order valence-electron chi connectivity index (χ2n) is 6.37. The number of piperidine rings is 1. The molecule has 122 valence electrons. The molecule has 3 rings (SSSR count). The Balaban J connectivity index is 1.81. The van der Waals surface area contributed by atoms with E-state index in [9.17, 15) is 0 Å². The molecule has 1 N–H and O–H groups in total. The van der Waals surface area contributed by atoms with Crippen molar-refractivity contribution in [2.75, 3.05) is 23.3 Å². The molecule has 1 aliphatic rings. The van der Waals surface area contributed by atoms with Crippen LogP contribution in [-0.2, 0) is 0 Å². The summed E-state index contributed by atoms with van der Waals surface area (Å²) in [5.41, 5.74) is 3.03. The molecule has 0 aliphatic carbocycles. The fourth-order valence-corrected chi connectivity index (χ4v) is 3.29. The molecular formula is C17H22ClN5. The Morgan fingerprint density at radius 3 is 2.65 bits per heavy atom. The van der Waals surface area contributed by atoms with E-state index < -0.39 is 0 Å². The standard InChI is InChI=1S/C17H22ClN5/c1-11-4-6-23(7-5-11)15-10-19-22-17(20-15)21-16-13(3)8-12(2)9-14(16)18/h8-11H,4-7H2,1-3H3,(H,20,21,22). The molecule has 1 saturated heterocycles. The van der Waals surface area contributed by atoms with Gasteiger partial charge in [-0.05, 0) is 49.8 Å². The summed E-state index contributed by atoms with van der Waals surface area (Å²) in [6.07, 6.45) is 4.11. The summed E-state index contributed by atoms with van der Waals surface area (Å²) in [4.78, 5) is 6.87. The van der Waals surface area contributed by atoms with Crippen molar-refractivity contribution >= 4 is 29.1 Å². The molecule has 1 aromatic heterocycles. The predicted molar refractivity (Wildman–Crippen MR) is 94.6 cm³/mol. The third-order valence-corrected chi connectivity index (χ3v) is 4.62. The van der Waals surface area contributed by atoms with Gasteiger partial charge in [0.05, 0.1) is 16.9 Å². The van der Waals surface area contributed by atoms with Crippen LogP contribution in [0.1, 0.15) is 30.9 Å². The second-order valence-corrected chi connectivity index (χ2v) is 6.78. The van der Waals surface area contributed by atoms with Gasteiger partial charge < -0.3 is 10.2 Å². The SMILES string of the molecule is Cc1cc(C)c(Nc2nncc(N3CCC(C)CC3)n2)c(Cl)c1. The third kappa shape index (κ3) is 3.72. The van der Waals surface area contributed by atoms with E-state index in [2.05, 4.69) is 38.4 Å². The minimum Gasteiger partial charge on any atom is -0.355 e. The van der Waals surface area contributed by atoms with E-state index >= 15 is 0 Å². The van der Waals surface area contributed by atoms with Gasteiger partial charge in [-0.15, -0.1) is 5.10 Å².